The van der Waals surface area contributed by atoms with Crippen LogP contribution >= 0.6 is 43.2 Å². The molecular formula is C12H6Br2F2O2S. The standard InChI is InChI=1S/C12H6Br2F2O2S/c13-7-1-2-19-12(7)10(17)5-18-11-8(14)3-6(15)4-9(11)16/h1-4H,5H2. The van der Waals surface area contributed by atoms with Crippen molar-refractivity contribution < 1.29 is 18.3 Å². The zero-order valence-electron chi connectivity index (χ0n) is 9.25. The normalized spacial score (nSPS) is 10.5. The second kappa shape index (κ2) is 6.11. The number of ketones is 1. The van der Waals surface area contributed by atoms with Crippen molar-refractivity contribution in [3.8, 4) is 5.75 Å². The smallest absolute Gasteiger partial charge is 0.211 e. The van der Waals surface area contributed by atoms with E-state index in [1.54, 1.807) is 11.4 Å². The zero-order valence-corrected chi connectivity index (χ0v) is 13.2. The van der Waals surface area contributed by atoms with Crippen LogP contribution in [0.25, 0.3) is 0 Å². The third-order valence-corrected chi connectivity index (χ3v) is 4.65. The van der Waals surface area contributed by atoms with E-state index < -0.39 is 11.6 Å². The number of Topliss-reactive ketones (excluding diaryl/α,β-unsaturated/α-hetero) is 1. The maximum absolute atomic E-state index is 13.5. The highest BCUT2D eigenvalue weighted by Crippen LogP contribution is 2.30. The van der Waals surface area contributed by atoms with Crippen LogP contribution in [0.4, 0.5) is 8.78 Å². The van der Waals surface area contributed by atoms with Gasteiger partial charge in [0.2, 0.25) is 5.78 Å². The van der Waals surface area contributed by atoms with Gasteiger partial charge in [-0.1, -0.05) is 0 Å². The minimum absolute atomic E-state index is 0.128. The molecular weight excluding hydrogens is 406 g/mol. The van der Waals surface area contributed by atoms with Crippen molar-refractivity contribution in [2.45, 2.75) is 0 Å². The number of benzene rings is 1. The van der Waals surface area contributed by atoms with E-state index in [0.717, 1.165) is 6.07 Å². The highest BCUT2D eigenvalue weighted by molar-refractivity contribution is 9.11. The van der Waals surface area contributed by atoms with Gasteiger partial charge >= 0.3 is 0 Å². The van der Waals surface area contributed by atoms with E-state index >= 15 is 0 Å². The summed E-state index contributed by atoms with van der Waals surface area (Å²) in [5.41, 5.74) is 0. The molecule has 0 aliphatic heterocycles. The van der Waals surface area contributed by atoms with Crippen LogP contribution < -0.4 is 4.74 Å². The van der Waals surface area contributed by atoms with Crippen molar-refractivity contribution in [2.24, 2.45) is 0 Å². The molecule has 0 saturated carbocycles. The second-order valence-corrected chi connectivity index (χ2v) is 6.13. The fourth-order valence-electron chi connectivity index (χ4n) is 1.36. The lowest BCUT2D eigenvalue weighted by Crippen LogP contribution is -2.11. The molecule has 0 saturated heterocycles. The molecule has 2 nitrogen and oxygen atoms in total. The number of halogens is 4. The Morgan fingerprint density at radius 1 is 1.26 bits per heavy atom. The first-order valence-electron chi connectivity index (χ1n) is 5.02. The summed E-state index contributed by atoms with van der Waals surface area (Å²) in [6, 6.07) is 3.52. The molecule has 0 atom stereocenters. The van der Waals surface area contributed by atoms with E-state index in [-0.39, 0.29) is 22.6 Å². The van der Waals surface area contributed by atoms with Crippen LogP contribution in [0, 0.1) is 11.6 Å². The van der Waals surface area contributed by atoms with E-state index in [4.69, 9.17) is 4.74 Å². The van der Waals surface area contributed by atoms with Gasteiger partial charge in [-0.2, -0.15) is 0 Å². The first-order chi connectivity index (χ1) is 8.99. The van der Waals surface area contributed by atoms with Gasteiger partial charge in [-0.25, -0.2) is 8.78 Å². The number of hydrogen-bond donors (Lipinski definition) is 0. The van der Waals surface area contributed by atoms with Gasteiger partial charge in [-0.15, -0.1) is 11.3 Å². The quantitative estimate of drug-likeness (QED) is 0.674. The Morgan fingerprint density at radius 2 is 2.00 bits per heavy atom. The van der Waals surface area contributed by atoms with Gasteiger partial charge in [-0.05, 0) is 49.4 Å². The van der Waals surface area contributed by atoms with Crippen molar-refractivity contribution in [3.63, 3.8) is 0 Å². The SMILES string of the molecule is O=C(COc1c(F)cc(F)cc1Br)c1sccc1Br. The molecule has 0 aliphatic carbocycles. The van der Waals surface area contributed by atoms with Gasteiger partial charge in [0.15, 0.2) is 18.2 Å². The predicted molar refractivity (Wildman–Crippen MR) is 75.9 cm³/mol. The molecule has 1 heterocycles. The van der Waals surface area contributed by atoms with Crippen LogP contribution in [-0.2, 0) is 0 Å². The molecule has 0 bridgehead atoms. The third-order valence-electron chi connectivity index (χ3n) is 2.18. The van der Waals surface area contributed by atoms with Gasteiger partial charge in [-0.3, -0.25) is 4.79 Å². The Balaban J connectivity index is 2.12. The van der Waals surface area contributed by atoms with Gasteiger partial charge in [0.1, 0.15) is 5.82 Å². The maximum Gasteiger partial charge on any atom is 0.211 e. The van der Waals surface area contributed by atoms with Crippen LogP contribution in [-0.4, -0.2) is 12.4 Å². The van der Waals surface area contributed by atoms with E-state index in [2.05, 4.69) is 31.9 Å². The first kappa shape index (κ1) is 14.6. The van der Waals surface area contributed by atoms with Crippen molar-refractivity contribution in [1.29, 1.82) is 0 Å². The number of carbonyl (C=O) groups excluding carboxylic acids is 1. The first-order valence-corrected chi connectivity index (χ1v) is 7.49. The van der Waals surface area contributed by atoms with Crippen LogP contribution in [0.15, 0.2) is 32.5 Å². The molecule has 1 aromatic carbocycles. The Bertz CT molecular complexity index is 605. The fourth-order valence-corrected chi connectivity index (χ4v) is 3.41. The molecule has 0 fully saturated rings. The van der Waals surface area contributed by atoms with E-state index in [1.165, 1.54) is 11.3 Å². The van der Waals surface area contributed by atoms with E-state index in [9.17, 15) is 13.6 Å². The Morgan fingerprint density at radius 3 is 2.58 bits per heavy atom. The van der Waals surface area contributed by atoms with Crippen molar-refractivity contribution >= 4 is 49.0 Å². The summed E-state index contributed by atoms with van der Waals surface area (Å²) in [7, 11) is 0. The number of ether oxygens (including phenoxy) is 1. The summed E-state index contributed by atoms with van der Waals surface area (Å²) in [6.07, 6.45) is 0. The monoisotopic (exact) mass is 410 g/mol. The van der Waals surface area contributed by atoms with Gasteiger partial charge in [0.05, 0.1) is 9.35 Å². The zero-order chi connectivity index (χ0) is 14.0. The molecule has 19 heavy (non-hydrogen) atoms. The third kappa shape index (κ3) is 3.40. The van der Waals surface area contributed by atoms with Crippen LogP contribution in [0.3, 0.4) is 0 Å². The molecule has 100 valence electrons. The Kier molecular flexibility index (Phi) is 4.70. The van der Waals surface area contributed by atoms with Crippen molar-refractivity contribution in [2.75, 3.05) is 6.61 Å². The van der Waals surface area contributed by atoms with Crippen LogP contribution in [0.2, 0.25) is 0 Å². The largest absolute Gasteiger partial charge is 0.481 e. The molecule has 0 spiro atoms. The molecule has 7 heteroatoms. The molecule has 2 rings (SSSR count). The Labute approximate surface area is 128 Å². The lowest BCUT2D eigenvalue weighted by molar-refractivity contribution is 0.0921. The van der Waals surface area contributed by atoms with Crippen LogP contribution in [0.5, 0.6) is 5.75 Å². The van der Waals surface area contributed by atoms with Crippen LogP contribution in [0.1, 0.15) is 9.67 Å². The number of thiophene rings is 1. The summed E-state index contributed by atoms with van der Waals surface area (Å²) in [6.45, 7) is -0.319. The van der Waals surface area contributed by atoms with Gasteiger partial charge < -0.3 is 4.74 Å². The highest BCUT2D eigenvalue weighted by Gasteiger charge is 2.16. The molecule has 0 aliphatic rings. The summed E-state index contributed by atoms with van der Waals surface area (Å²) in [5, 5.41) is 1.76. The average Bonchev–Trinajstić information content (AvgIpc) is 2.73. The van der Waals surface area contributed by atoms with Gasteiger partial charge in [0.25, 0.3) is 0 Å². The molecule has 0 radical (unpaired) electrons. The molecule has 0 N–H and O–H groups in total. The minimum Gasteiger partial charge on any atom is -0.481 e. The Hall–Kier alpha value is -0.790. The van der Waals surface area contributed by atoms with Gasteiger partial charge in [0, 0.05) is 10.5 Å². The maximum atomic E-state index is 13.5. The summed E-state index contributed by atoms with van der Waals surface area (Å²) in [5.74, 6) is -2.03. The van der Waals surface area contributed by atoms with Crippen molar-refractivity contribution in [3.05, 3.63) is 49.0 Å². The molecule has 0 unspecified atom stereocenters. The lowest BCUT2D eigenvalue weighted by atomic mass is 10.3. The number of rotatable bonds is 4. The topological polar surface area (TPSA) is 26.3 Å². The van der Waals surface area contributed by atoms with E-state index in [1.807, 2.05) is 0 Å². The van der Waals surface area contributed by atoms with Crippen molar-refractivity contribution in [1.82, 2.24) is 0 Å². The minimum atomic E-state index is -0.857. The predicted octanol–water partition coefficient (Wildman–Crippen LogP) is 4.81. The average molecular weight is 412 g/mol. The summed E-state index contributed by atoms with van der Waals surface area (Å²) in [4.78, 5) is 12.3. The van der Waals surface area contributed by atoms with E-state index in [0.29, 0.717) is 15.4 Å². The molecule has 2 aromatic rings. The lowest BCUT2D eigenvalue weighted by Gasteiger charge is -2.08. The molecule has 0 amide bonds. The number of hydrogen-bond acceptors (Lipinski definition) is 3. The highest BCUT2D eigenvalue weighted by atomic mass is 79.9. The number of carbonyl (C=O) groups is 1. The summed E-state index contributed by atoms with van der Waals surface area (Å²) < 4.78 is 32.3. The fraction of sp³-hybridized carbons (Fsp3) is 0.0833. The second-order valence-electron chi connectivity index (χ2n) is 3.51. The summed E-state index contributed by atoms with van der Waals surface area (Å²) >= 11 is 7.48. The molecule has 1 aromatic heterocycles.